The van der Waals surface area contributed by atoms with Crippen molar-refractivity contribution in [2.45, 2.75) is 44.6 Å². The van der Waals surface area contributed by atoms with E-state index in [4.69, 9.17) is 9.47 Å². The van der Waals surface area contributed by atoms with Crippen molar-refractivity contribution in [3.8, 4) is 11.5 Å². The monoisotopic (exact) mass is 358 g/mol. The van der Waals surface area contributed by atoms with Gasteiger partial charge in [0.15, 0.2) is 11.5 Å². The summed E-state index contributed by atoms with van der Waals surface area (Å²) in [4.78, 5) is 12.6. The van der Waals surface area contributed by atoms with Crippen LogP contribution in [0.3, 0.4) is 0 Å². The van der Waals surface area contributed by atoms with Crippen molar-refractivity contribution in [2.75, 3.05) is 19.8 Å². The maximum Gasteiger partial charge on any atom is 0.404 e. The zero-order chi connectivity index (χ0) is 18.0. The van der Waals surface area contributed by atoms with E-state index in [9.17, 15) is 18.0 Å². The molecule has 1 aromatic rings. The summed E-state index contributed by atoms with van der Waals surface area (Å²) in [6.07, 6.45) is -4.00. The molecule has 0 aliphatic carbocycles. The van der Waals surface area contributed by atoms with Gasteiger partial charge in [0, 0.05) is 26.1 Å². The number of piperidine rings is 1. The number of benzene rings is 1. The number of alkyl halides is 3. The first-order chi connectivity index (χ1) is 11.8. The Labute approximate surface area is 144 Å². The van der Waals surface area contributed by atoms with Gasteiger partial charge in [0.05, 0.1) is 0 Å². The Morgan fingerprint density at radius 3 is 2.64 bits per heavy atom. The Balaban J connectivity index is 1.76. The lowest BCUT2D eigenvalue weighted by atomic mass is 9.96. The molecule has 0 aromatic heterocycles. The van der Waals surface area contributed by atoms with Crippen LogP contribution < -0.4 is 14.8 Å². The maximum absolute atomic E-state index is 13.4. The molecule has 1 saturated heterocycles. The summed E-state index contributed by atoms with van der Waals surface area (Å²) in [5.74, 6) is 0.939. The molecule has 1 N–H and O–H groups in total. The summed E-state index contributed by atoms with van der Waals surface area (Å²) in [7, 11) is 0. The van der Waals surface area contributed by atoms with Crippen LogP contribution in [0.2, 0.25) is 0 Å². The van der Waals surface area contributed by atoms with Crippen LogP contribution in [0.5, 0.6) is 11.5 Å². The summed E-state index contributed by atoms with van der Waals surface area (Å²) >= 11 is 0. The molecule has 0 radical (unpaired) electrons. The molecule has 2 heterocycles. The standard InChI is InChI=1S/C17H21F3N2O3/c1-11(23)21-13-3-5-16(17(18,19)20)22(10-13)9-12-2-4-14-15(8-12)25-7-6-24-14/h2,4,8,13,16H,3,5-7,9-10H2,1H3,(H,21,23)/t13-,16+/m0/s1. The predicted molar refractivity (Wildman–Crippen MR) is 84.5 cm³/mol. The van der Waals surface area contributed by atoms with Crippen molar-refractivity contribution in [1.82, 2.24) is 10.2 Å². The summed E-state index contributed by atoms with van der Waals surface area (Å²) < 4.78 is 51.1. The molecule has 138 valence electrons. The molecule has 25 heavy (non-hydrogen) atoms. The van der Waals surface area contributed by atoms with E-state index in [1.54, 1.807) is 18.2 Å². The van der Waals surface area contributed by atoms with Gasteiger partial charge in [0.25, 0.3) is 0 Å². The zero-order valence-electron chi connectivity index (χ0n) is 13.9. The number of hydrogen-bond donors (Lipinski definition) is 1. The number of nitrogens with zero attached hydrogens (tertiary/aromatic N) is 1. The van der Waals surface area contributed by atoms with Crippen molar-refractivity contribution < 1.29 is 27.4 Å². The summed E-state index contributed by atoms with van der Waals surface area (Å²) in [6.45, 7) is 2.57. The highest BCUT2D eigenvalue weighted by Gasteiger charge is 2.46. The molecule has 1 aromatic carbocycles. The van der Waals surface area contributed by atoms with Gasteiger partial charge in [-0.3, -0.25) is 9.69 Å². The van der Waals surface area contributed by atoms with Crippen LogP contribution in [0, 0.1) is 0 Å². The third-order valence-electron chi connectivity index (χ3n) is 4.46. The van der Waals surface area contributed by atoms with Crippen molar-refractivity contribution in [3.63, 3.8) is 0 Å². The summed E-state index contributed by atoms with van der Waals surface area (Å²) in [5, 5.41) is 2.73. The molecule has 0 spiro atoms. The van der Waals surface area contributed by atoms with Crippen molar-refractivity contribution >= 4 is 5.91 Å². The van der Waals surface area contributed by atoms with Gasteiger partial charge in [0.1, 0.15) is 19.3 Å². The first kappa shape index (κ1) is 17.8. The zero-order valence-corrected chi connectivity index (χ0v) is 13.9. The Morgan fingerprint density at radius 2 is 1.96 bits per heavy atom. The molecule has 1 fully saturated rings. The lowest BCUT2D eigenvalue weighted by Crippen LogP contribution is -2.55. The third kappa shape index (κ3) is 4.36. The highest BCUT2D eigenvalue weighted by atomic mass is 19.4. The number of likely N-dealkylation sites (tertiary alicyclic amines) is 1. The average Bonchev–Trinajstić information content (AvgIpc) is 2.53. The highest BCUT2D eigenvalue weighted by molar-refractivity contribution is 5.73. The minimum absolute atomic E-state index is 0.0288. The summed E-state index contributed by atoms with van der Waals surface area (Å²) in [5.41, 5.74) is 0.724. The molecule has 1 amide bonds. The van der Waals surface area contributed by atoms with Crippen molar-refractivity contribution in [1.29, 1.82) is 0 Å². The van der Waals surface area contributed by atoms with E-state index in [0.29, 0.717) is 31.1 Å². The van der Waals surface area contributed by atoms with Gasteiger partial charge in [-0.25, -0.2) is 0 Å². The number of nitrogens with one attached hydrogen (secondary N) is 1. The summed E-state index contributed by atoms with van der Waals surface area (Å²) in [6, 6.07) is 3.42. The van der Waals surface area contributed by atoms with Gasteiger partial charge >= 0.3 is 6.18 Å². The first-order valence-corrected chi connectivity index (χ1v) is 8.29. The second kappa shape index (κ2) is 7.11. The number of fused-ring (bicyclic) bond motifs is 1. The second-order valence-electron chi connectivity index (χ2n) is 6.44. The van der Waals surface area contributed by atoms with E-state index in [2.05, 4.69) is 5.32 Å². The van der Waals surface area contributed by atoms with E-state index < -0.39 is 12.2 Å². The molecule has 2 aliphatic heterocycles. The van der Waals surface area contributed by atoms with Crippen LogP contribution in [0.1, 0.15) is 25.3 Å². The maximum atomic E-state index is 13.4. The van der Waals surface area contributed by atoms with Gasteiger partial charge in [-0.05, 0) is 30.5 Å². The molecular weight excluding hydrogens is 337 g/mol. The Bertz CT molecular complexity index is 636. The van der Waals surface area contributed by atoms with E-state index >= 15 is 0 Å². The SMILES string of the molecule is CC(=O)N[C@H]1CC[C@H](C(F)(F)F)N(Cc2ccc3c(c2)OCCO3)C1. The number of ether oxygens (including phenoxy) is 2. The van der Waals surface area contributed by atoms with E-state index in [0.717, 1.165) is 5.56 Å². The smallest absolute Gasteiger partial charge is 0.404 e. The van der Waals surface area contributed by atoms with Crippen LogP contribution in [0.15, 0.2) is 18.2 Å². The van der Waals surface area contributed by atoms with Crippen LogP contribution in [0.25, 0.3) is 0 Å². The van der Waals surface area contributed by atoms with E-state index in [-0.39, 0.29) is 31.5 Å². The van der Waals surface area contributed by atoms with Crippen LogP contribution in [-0.2, 0) is 11.3 Å². The number of amides is 1. The number of rotatable bonds is 3. The van der Waals surface area contributed by atoms with E-state index in [1.807, 2.05) is 0 Å². The molecule has 2 aliphatic rings. The lowest BCUT2D eigenvalue weighted by molar-refractivity contribution is -0.194. The molecular formula is C17H21F3N2O3. The lowest BCUT2D eigenvalue weighted by Gasteiger charge is -2.40. The average molecular weight is 358 g/mol. The van der Waals surface area contributed by atoms with Gasteiger partial charge in [0.2, 0.25) is 5.91 Å². The quantitative estimate of drug-likeness (QED) is 0.902. The molecule has 3 rings (SSSR count). The number of hydrogen-bond acceptors (Lipinski definition) is 4. The molecule has 0 saturated carbocycles. The largest absolute Gasteiger partial charge is 0.486 e. The minimum atomic E-state index is -4.30. The predicted octanol–water partition coefficient (Wildman–Crippen LogP) is 2.49. The van der Waals surface area contributed by atoms with Gasteiger partial charge < -0.3 is 14.8 Å². The van der Waals surface area contributed by atoms with Crippen LogP contribution in [-0.4, -0.2) is 48.8 Å². The fourth-order valence-electron chi connectivity index (χ4n) is 3.41. The number of carbonyl (C=O) groups is 1. The first-order valence-electron chi connectivity index (χ1n) is 8.29. The fourth-order valence-corrected chi connectivity index (χ4v) is 3.41. The number of halogens is 3. The molecule has 8 heteroatoms. The van der Waals surface area contributed by atoms with Crippen molar-refractivity contribution in [2.24, 2.45) is 0 Å². The Hall–Kier alpha value is -1.96. The van der Waals surface area contributed by atoms with E-state index in [1.165, 1.54) is 11.8 Å². The normalized spacial score (nSPS) is 24.0. The number of carbonyl (C=O) groups excluding carboxylic acids is 1. The minimum Gasteiger partial charge on any atom is -0.486 e. The van der Waals surface area contributed by atoms with Gasteiger partial charge in [-0.1, -0.05) is 6.07 Å². The van der Waals surface area contributed by atoms with Crippen LogP contribution in [0.4, 0.5) is 13.2 Å². The van der Waals surface area contributed by atoms with Crippen LogP contribution >= 0.6 is 0 Å². The highest BCUT2D eigenvalue weighted by Crippen LogP contribution is 2.35. The van der Waals surface area contributed by atoms with Gasteiger partial charge in [-0.15, -0.1) is 0 Å². The molecule has 5 nitrogen and oxygen atoms in total. The molecule has 0 bridgehead atoms. The molecule has 0 unspecified atom stereocenters. The third-order valence-corrected chi connectivity index (χ3v) is 4.46. The van der Waals surface area contributed by atoms with Gasteiger partial charge in [-0.2, -0.15) is 13.2 Å². The second-order valence-corrected chi connectivity index (χ2v) is 6.44. The van der Waals surface area contributed by atoms with Crippen molar-refractivity contribution in [3.05, 3.63) is 23.8 Å². The fraction of sp³-hybridized carbons (Fsp3) is 0.588. The Morgan fingerprint density at radius 1 is 1.24 bits per heavy atom. The topological polar surface area (TPSA) is 50.8 Å². The Kier molecular flexibility index (Phi) is 5.08. The molecule has 2 atom stereocenters.